The minimum atomic E-state index is -0.986. The Bertz CT molecular complexity index is 944. The van der Waals surface area contributed by atoms with Crippen molar-refractivity contribution in [1.82, 2.24) is 15.1 Å². The topological polar surface area (TPSA) is 112 Å². The number of hydrogen-bond acceptors (Lipinski definition) is 6. The van der Waals surface area contributed by atoms with Gasteiger partial charge in [-0.25, -0.2) is 4.99 Å². The Morgan fingerprint density at radius 3 is 2.78 bits per heavy atom. The van der Waals surface area contributed by atoms with Gasteiger partial charge in [-0.3, -0.25) is 19.7 Å². The fourth-order valence-corrected chi connectivity index (χ4v) is 4.72. The van der Waals surface area contributed by atoms with E-state index in [9.17, 15) is 19.5 Å². The van der Waals surface area contributed by atoms with Crippen LogP contribution in [0.2, 0.25) is 5.02 Å². The standard InChI is InChI=1S/C22H27ClN4O5/c23-16-8-9-17(21-15(16)11-26-12-18(28)24-22(26)25-21)32-10-4-7-19(29)27(13-20(30)31)14-5-2-1-3-6-14/h8-9,14H,1-7,10-13H2,(H,30,31)(H,24,25,28). The number of fused-ring (bicyclic) bond motifs is 2. The lowest BCUT2D eigenvalue weighted by molar-refractivity contribution is -0.146. The molecule has 9 nitrogen and oxygen atoms in total. The summed E-state index contributed by atoms with van der Waals surface area (Å²) in [6.45, 7) is 0.740. The van der Waals surface area contributed by atoms with Gasteiger partial charge in [-0.15, -0.1) is 0 Å². The number of aliphatic carboxylic acids is 1. The van der Waals surface area contributed by atoms with Gasteiger partial charge in [0.15, 0.2) is 0 Å². The molecule has 0 radical (unpaired) electrons. The Morgan fingerprint density at radius 1 is 1.25 bits per heavy atom. The predicted octanol–water partition coefficient (Wildman–Crippen LogP) is 2.68. The molecule has 1 aliphatic carbocycles. The Hall–Kier alpha value is -2.81. The molecule has 0 bridgehead atoms. The van der Waals surface area contributed by atoms with Gasteiger partial charge in [0.25, 0.3) is 0 Å². The second-order valence-corrected chi connectivity index (χ2v) is 8.78. The molecule has 3 aliphatic rings. The molecule has 1 saturated carbocycles. The summed E-state index contributed by atoms with van der Waals surface area (Å²) in [7, 11) is 0. The summed E-state index contributed by atoms with van der Waals surface area (Å²) in [5, 5.41) is 12.5. The van der Waals surface area contributed by atoms with Gasteiger partial charge in [-0.1, -0.05) is 30.9 Å². The maximum Gasteiger partial charge on any atom is 0.323 e. The van der Waals surface area contributed by atoms with E-state index in [-0.39, 0.29) is 44.0 Å². The second kappa shape index (κ2) is 9.77. The molecule has 2 aliphatic heterocycles. The van der Waals surface area contributed by atoms with E-state index in [1.807, 2.05) is 4.90 Å². The van der Waals surface area contributed by atoms with Crippen molar-refractivity contribution in [2.45, 2.75) is 57.5 Å². The summed E-state index contributed by atoms with van der Waals surface area (Å²) >= 11 is 6.34. The Morgan fingerprint density at radius 2 is 2.03 bits per heavy atom. The van der Waals surface area contributed by atoms with Crippen LogP contribution in [0.3, 0.4) is 0 Å². The van der Waals surface area contributed by atoms with Crippen LogP contribution in [-0.2, 0) is 20.9 Å². The molecule has 0 spiro atoms. The van der Waals surface area contributed by atoms with Crippen LogP contribution in [0.25, 0.3) is 0 Å². The number of carbonyl (C=O) groups is 3. The molecule has 10 heteroatoms. The van der Waals surface area contributed by atoms with Crippen LogP contribution in [0.4, 0.5) is 5.69 Å². The number of rotatable bonds is 8. The molecule has 172 valence electrons. The zero-order valence-corrected chi connectivity index (χ0v) is 18.6. The Labute approximate surface area is 191 Å². The molecule has 0 unspecified atom stereocenters. The highest BCUT2D eigenvalue weighted by Gasteiger charge is 2.31. The smallest absolute Gasteiger partial charge is 0.323 e. The zero-order chi connectivity index (χ0) is 22.7. The number of hydrogen-bond donors (Lipinski definition) is 2. The lowest BCUT2D eigenvalue weighted by Gasteiger charge is -2.33. The highest BCUT2D eigenvalue weighted by atomic mass is 35.5. The first-order chi connectivity index (χ1) is 15.4. The monoisotopic (exact) mass is 462 g/mol. The number of carbonyl (C=O) groups excluding carboxylic acids is 2. The van der Waals surface area contributed by atoms with Gasteiger partial charge in [-0.05, 0) is 31.4 Å². The average Bonchev–Trinajstić information content (AvgIpc) is 3.14. The van der Waals surface area contributed by atoms with E-state index in [0.717, 1.165) is 37.7 Å². The maximum atomic E-state index is 12.7. The molecule has 32 heavy (non-hydrogen) atoms. The van der Waals surface area contributed by atoms with Crippen LogP contribution >= 0.6 is 11.6 Å². The van der Waals surface area contributed by atoms with Gasteiger partial charge < -0.3 is 19.6 Å². The number of nitrogens with zero attached hydrogens (tertiary/aromatic N) is 3. The Balaban J connectivity index is 1.36. The van der Waals surface area contributed by atoms with E-state index in [0.29, 0.717) is 35.4 Å². The lowest BCUT2D eigenvalue weighted by Crippen LogP contribution is -2.44. The van der Waals surface area contributed by atoms with Crippen molar-refractivity contribution >= 4 is 41.0 Å². The lowest BCUT2D eigenvalue weighted by atomic mass is 9.94. The van der Waals surface area contributed by atoms with E-state index in [2.05, 4.69) is 10.3 Å². The average molecular weight is 463 g/mol. The number of aliphatic imine (C=N–C) groups is 1. The van der Waals surface area contributed by atoms with Gasteiger partial charge in [0.1, 0.15) is 24.5 Å². The molecule has 2 heterocycles. The van der Waals surface area contributed by atoms with Crippen LogP contribution in [0.5, 0.6) is 5.75 Å². The fourth-order valence-electron chi connectivity index (χ4n) is 4.51. The number of ether oxygens (including phenoxy) is 1. The van der Waals surface area contributed by atoms with Crippen LogP contribution in [0.1, 0.15) is 50.5 Å². The summed E-state index contributed by atoms with van der Waals surface area (Å²) in [5.74, 6) is -0.218. The minimum Gasteiger partial charge on any atom is -0.491 e. The minimum absolute atomic E-state index is 0.0111. The van der Waals surface area contributed by atoms with Crippen LogP contribution in [0, 0.1) is 0 Å². The summed E-state index contributed by atoms with van der Waals surface area (Å²) in [6, 6.07) is 3.49. The van der Waals surface area contributed by atoms with Crippen molar-refractivity contribution in [3.05, 3.63) is 22.7 Å². The van der Waals surface area contributed by atoms with Crippen LogP contribution in [0.15, 0.2) is 17.1 Å². The maximum absolute atomic E-state index is 12.7. The molecule has 4 rings (SSSR count). The van der Waals surface area contributed by atoms with E-state index in [4.69, 9.17) is 16.3 Å². The fraction of sp³-hybridized carbons (Fsp3) is 0.545. The second-order valence-electron chi connectivity index (χ2n) is 8.37. The third kappa shape index (κ3) is 4.98. The molecule has 1 aromatic rings. The van der Waals surface area contributed by atoms with Gasteiger partial charge in [-0.2, -0.15) is 0 Å². The molecule has 2 amide bonds. The number of amides is 2. The molecular weight excluding hydrogens is 436 g/mol. The zero-order valence-electron chi connectivity index (χ0n) is 17.8. The highest BCUT2D eigenvalue weighted by Crippen LogP contribution is 2.40. The molecule has 2 N–H and O–H groups in total. The highest BCUT2D eigenvalue weighted by molar-refractivity contribution is 6.32. The van der Waals surface area contributed by atoms with Crippen LogP contribution < -0.4 is 10.1 Å². The molecule has 1 saturated heterocycles. The summed E-state index contributed by atoms with van der Waals surface area (Å²) < 4.78 is 5.91. The van der Waals surface area contributed by atoms with Crippen molar-refractivity contribution in [2.24, 2.45) is 4.99 Å². The predicted molar refractivity (Wildman–Crippen MR) is 118 cm³/mol. The van der Waals surface area contributed by atoms with E-state index in [1.54, 1.807) is 12.1 Å². The van der Waals surface area contributed by atoms with E-state index in [1.165, 1.54) is 4.90 Å². The molecule has 0 aromatic heterocycles. The number of halogens is 1. The molecule has 1 aromatic carbocycles. The van der Waals surface area contributed by atoms with Crippen LogP contribution in [-0.4, -0.2) is 64.4 Å². The first-order valence-corrected chi connectivity index (χ1v) is 11.4. The first kappa shape index (κ1) is 22.4. The summed E-state index contributed by atoms with van der Waals surface area (Å²) in [4.78, 5) is 43.5. The summed E-state index contributed by atoms with van der Waals surface area (Å²) in [5.41, 5.74) is 1.39. The SMILES string of the molecule is O=C(O)CN(C(=O)CCCOc1ccc(Cl)c2c1N=C1NC(=O)CN1C2)C1CCCCC1. The third-order valence-electron chi connectivity index (χ3n) is 6.07. The first-order valence-electron chi connectivity index (χ1n) is 11.0. The third-order valence-corrected chi connectivity index (χ3v) is 6.43. The number of carboxylic acids is 1. The Kier molecular flexibility index (Phi) is 6.83. The van der Waals surface area contributed by atoms with Gasteiger partial charge in [0.2, 0.25) is 17.8 Å². The molecule has 0 atom stereocenters. The van der Waals surface area contributed by atoms with Crippen molar-refractivity contribution in [3.8, 4) is 5.75 Å². The number of carboxylic acid groups (broad SMARTS) is 1. The largest absolute Gasteiger partial charge is 0.491 e. The quantitative estimate of drug-likeness (QED) is 0.574. The number of benzene rings is 1. The normalized spacial score (nSPS) is 17.8. The van der Waals surface area contributed by atoms with Crippen molar-refractivity contribution in [2.75, 3.05) is 19.7 Å². The molecular formula is C22H27ClN4O5. The van der Waals surface area contributed by atoms with Gasteiger partial charge in [0.05, 0.1) is 13.2 Å². The summed E-state index contributed by atoms with van der Waals surface area (Å²) in [6.07, 6.45) is 5.59. The van der Waals surface area contributed by atoms with Crippen molar-refractivity contribution in [3.63, 3.8) is 0 Å². The molecule has 2 fully saturated rings. The van der Waals surface area contributed by atoms with Gasteiger partial charge in [0, 0.05) is 23.0 Å². The van der Waals surface area contributed by atoms with Crippen molar-refractivity contribution in [1.29, 1.82) is 0 Å². The van der Waals surface area contributed by atoms with E-state index >= 15 is 0 Å². The number of nitrogens with one attached hydrogen (secondary N) is 1. The van der Waals surface area contributed by atoms with Crippen molar-refractivity contribution < 1.29 is 24.2 Å². The number of guanidine groups is 1. The van der Waals surface area contributed by atoms with E-state index < -0.39 is 5.97 Å². The van der Waals surface area contributed by atoms with Gasteiger partial charge >= 0.3 is 5.97 Å².